The number of carbonyl (C=O) groups is 2. The van der Waals surface area contributed by atoms with E-state index in [2.05, 4.69) is 20.8 Å². The van der Waals surface area contributed by atoms with Crippen LogP contribution in [0.3, 0.4) is 0 Å². The van der Waals surface area contributed by atoms with E-state index in [0.717, 1.165) is 0 Å². The Morgan fingerprint density at radius 1 is 1.38 bits per heavy atom. The van der Waals surface area contributed by atoms with Crippen molar-refractivity contribution in [2.45, 2.75) is 26.4 Å². The van der Waals surface area contributed by atoms with Crippen molar-refractivity contribution < 1.29 is 14.3 Å². The fourth-order valence-corrected chi connectivity index (χ4v) is 0.860. The molecule has 1 rings (SSSR count). The summed E-state index contributed by atoms with van der Waals surface area (Å²) < 4.78 is 4.91. The van der Waals surface area contributed by atoms with Crippen LogP contribution in [0.25, 0.3) is 0 Å². The summed E-state index contributed by atoms with van der Waals surface area (Å²) in [5.41, 5.74) is 3.65. The van der Waals surface area contributed by atoms with Gasteiger partial charge in [0.15, 0.2) is 5.82 Å². The number of amides is 2. The first-order chi connectivity index (χ1) is 7.38. The van der Waals surface area contributed by atoms with Crippen LogP contribution in [0.5, 0.6) is 0 Å². The molecule has 0 unspecified atom stereocenters. The van der Waals surface area contributed by atoms with Crippen LogP contribution in [0.15, 0.2) is 12.4 Å². The summed E-state index contributed by atoms with van der Waals surface area (Å²) in [6, 6.07) is 0. The van der Waals surface area contributed by atoms with E-state index in [-0.39, 0.29) is 5.82 Å². The topological polar surface area (TPSA) is 96.1 Å². The molecule has 0 bridgehead atoms. The molecule has 0 aliphatic carbocycles. The van der Waals surface area contributed by atoms with Crippen LogP contribution < -0.4 is 10.9 Å². The third-order valence-electron chi connectivity index (χ3n) is 1.39. The SMILES string of the molecule is CC(C)(C)OC(=O)NNC(=O)c1ncc[nH]1. The van der Waals surface area contributed by atoms with E-state index in [1.807, 2.05) is 0 Å². The van der Waals surface area contributed by atoms with Crippen molar-refractivity contribution >= 4 is 12.0 Å². The summed E-state index contributed by atoms with van der Waals surface area (Å²) in [5.74, 6) is -0.438. The van der Waals surface area contributed by atoms with Gasteiger partial charge >= 0.3 is 12.0 Å². The van der Waals surface area contributed by atoms with E-state index in [9.17, 15) is 9.59 Å². The first-order valence-corrected chi connectivity index (χ1v) is 4.67. The Labute approximate surface area is 92.6 Å². The quantitative estimate of drug-likeness (QED) is 0.610. The van der Waals surface area contributed by atoms with Crippen LogP contribution in [0.2, 0.25) is 0 Å². The Morgan fingerprint density at radius 3 is 2.56 bits per heavy atom. The summed E-state index contributed by atoms with van der Waals surface area (Å²) >= 11 is 0. The van der Waals surface area contributed by atoms with Gasteiger partial charge in [-0.2, -0.15) is 0 Å². The number of carbonyl (C=O) groups excluding carboxylic acids is 2. The third-order valence-corrected chi connectivity index (χ3v) is 1.39. The summed E-state index contributed by atoms with van der Waals surface area (Å²) in [6.45, 7) is 5.17. The number of H-pyrrole nitrogens is 1. The molecule has 0 atom stereocenters. The lowest BCUT2D eigenvalue weighted by Crippen LogP contribution is -2.44. The summed E-state index contributed by atoms with van der Waals surface area (Å²) in [7, 11) is 0. The summed E-state index contributed by atoms with van der Waals surface area (Å²) in [6.07, 6.45) is 2.21. The van der Waals surface area contributed by atoms with Crippen molar-refractivity contribution in [3.63, 3.8) is 0 Å². The first-order valence-electron chi connectivity index (χ1n) is 4.67. The molecule has 0 aromatic carbocycles. The van der Waals surface area contributed by atoms with Crippen molar-refractivity contribution in [3.05, 3.63) is 18.2 Å². The van der Waals surface area contributed by atoms with Gasteiger partial charge in [0.2, 0.25) is 0 Å². The second-order valence-corrected chi connectivity index (χ2v) is 4.02. The molecule has 0 saturated carbocycles. The molecule has 1 aromatic heterocycles. The molecule has 3 N–H and O–H groups in total. The molecule has 2 amide bonds. The number of hydrazine groups is 1. The van der Waals surface area contributed by atoms with Crippen LogP contribution in [0.4, 0.5) is 4.79 Å². The minimum Gasteiger partial charge on any atom is -0.443 e. The highest BCUT2D eigenvalue weighted by Crippen LogP contribution is 2.05. The van der Waals surface area contributed by atoms with Gasteiger partial charge in [0.05, 0.1) is 0 Å². The second-order valence-electron chi connectivity index (χ2n) is 4.02. The fourth-order valence-electron chi connectivity index (χ4n) is 0.860. The van der Waals surface area contributed by atoms with E-state index in [1.54, 1.807) is 20.8 Å². The number of hydrogen-bond acceptors (Lipinski definition) is 4. The molecule has 0 aliphatic heterocycles. The van der Waals surface area contributed by atoms with Gasteiger partial charge in [-0.1, -0.05) is 0 Å². The van der Waals surface area contributed by atoms with Crippen molar-refractivity contribution in [2.75, 3.05) is 0 Å². The Balaban J connectivity index is 2.35. The Bertz CT molecular complexity index is 367. The lowest BCUT2D eigenvalue weighted by atomic mass is 10.2. The van der Waals surface area contributed by atoms with Crippen LogP contribution >= 0.6 is 0 Å². The zero-order valence-corrected chi connectivity index (χ0v) is 9.33. The normalized spacial score (nSPS) is 10.7. The van der Waals surface area contributed by atoms with Gasteiger partial charge in [-0.05, 0) is 20.8 Å². The molecule has 0 spiro atoms. The summed E-state index contributed by atoms with van der Waals surface area (Å²) in [4.78, 5) is 28.8. The van der Waals surface area contributed by atoms with Gasteiger partial charge < -0.3 is 9.72 Å². The minimum atomic E-state index is -0.729. The number of imidazole rings is 1. The summed E-state index contributed by atoms with van der Waals surface area (Å²) in [5, 5.41) is 0. The molecule has 7 heteroatoms. The monoisotopic (exact) mass is 226 g/mol. The van der Waals surface area contributed by atoms with Crippen molar-refractivity contribution in [1.82, 2.24) is 20.8 Å². The molecule has 7 nitrogen and oxygen atoms in total. The maximum atomic E-state index is 11.3. The Morgan fingerprint density at radius 2 is 2.06 bits per heavy atom. The van der Waals surface area contributed by atoms with Crippen molar-refractivity contribution in [1.29, 1.82) is 0 Å². The molecular formula is C9H14N4O3. The number of rotatable bonds is 1. The molecule has 1 heterocycles. The average Bonchev–Trinajstić information content (AvgIpc) is 2.64. The maximum Gasteiger partial charge on any atom is 0.426 e. The van der Waals surface area contributed by atoms with Gasteiger partial charge in [0.1, 0.15) is 5.60 Å². The molecule has 16 heavy (non-hydrogen) atoms. The van der Waals surface area contributed by atoms with Gasteiger partial charge in [-0.3, -0.25) is 10.2 Å². The number of nitrogens with zero attached hydrogens (tertiary/aromatic N) is 1. The number of hydrogen-bond donors (Lipinski definition) is 3. The second kappa shape index (κ2) is 4.65. The average molecular weight is 226 g/mol. The smallest absolute Gasteiger partial charge is 0.426 e. The largest absolute Gasteiger partial charge is 0.443 e. The number of aromatic amines is 1. The standard InChI is InChI=1S/C9H14N4O3/c1-9(2,3)16-8(15)13-12-7(14)6-10-4-5-11-6/h4-5H,1-3H3,(H,10,11)(H,12,14)(H,13,15). The zero-order valence-electron chi connectivity index (χ0n) is 9.33. The highest BCUT2D eigenvalue weighted by molar-refractivity contribution is 5.91. The highest BCUT2D eigenvalue weighted by atomic mass is 16.6. The molecule has 0 aliphatic rings. The molecule has 88 valence electrons. The van der Waals surface area contributed by atoms with Gasteiger partial charge in [-0.25, -0.2) is 15.2 Å². The first kappa shape index (κ1) is 12.0. The van der Waals surface area contributed by atoms with E-state index >= 15 is 0 Å². The van der Waals surface area contributed by atoms with E-state index in [0.29, 0.717) is 0 Å². The van der Waals surface area contributed by atoms with Crippen molar-refractivity contribution in [2.24, 2.45) is 0 Å². The fraction of sp³-hybridized carbons (Fsp3) is 0.444. The molecular weight excluding hydrogens is 212 g/mol. The Kier molecular flexibility index (Phi) is 3.49. The van der Waals surface area contributed by atoms with Crippen LogP contribution in [0, 0.1) is 0 Å². The van der Waals surface area contributed by atoms with Gasteiger partial charge in [0, 0.05) is 12.4 Å². The van der Waals surface area contributed by atoms with Crippen LogP contribution in [-0.4, -0.2) is 27.6 Å². The molecule has 0 radical (unpaired) electrons. The number of ether oxygens (including phenoxy) is 1. The minimum absolute atomic E-state index is 0.107. The zero-order chi connectivity index (χ0) is 12.2. The number of aromatic nitrogens is 2. The predicted octanol–water partition coefficient (Wildman–Crippen LogP) is 0.579. The van der Waals surface area contributed by atoms with Gasteiger partial charge in [0.25, 0.3) is 0 Å². The molecule has 0 saturated heterocycles. The predicted molar refractivity (Wildman–Crippen MR) is 55.4 cm³/mol. The van der Waals surface area contributed by atoms with Gasteiger partial charge in [-0.15, -0.1) is 0 Å². The Hall–Kier alpha value is -2.05. The van der Waals surface area contributed by atoms with Crippen LogP contribution in [0.1, 0.15) is 31.4 Å². The van der Waals surface area contributed by atoms with Crippen LogP contribution in [-0.2, 0) is 4.74 Å². The molecule has 1 aromatic rings. The molecule has 0 fully saturated rings. The van der Waals surface area contributed by atoms with E-state index in [1.165, 1.54) is 12.4 Å². The maximum absolute atomic E-state index is 11.3. The lowest BCUT2D eigenvalue weighted by molar-refractivity contribution is 0.0482. The lowest BCUT2D eigenvalue weighted by Gasteiger charge is -2.19. The van der Waals surface area contributed by atoms with E-state index < -0.39 is 17.6 Å². The highest BCUT2D eigenvalue weighted by Gasteiger charge is 2.17. The third kappa shape index (κ3) is 3.99. The van der Waals surface area contributed by atoms with Crippen molar-refractivity contribution in [3.8, 4) is 0 Å². The number of nitrogens with one attached hydrogen (secondary N) is 3. The van der Waals surface area contributed by atoms with E-state index in [4.69, 9.17) is 4.74 Å².